The molecule has 1 aliphatic carbocycles. The van der Waals surface area contributed by atoms with Crippen LogP contribution in [0.25, 0.3) is 0 Å². The maximum absolute atomic E-state index is 12.0. The van der Waals surface area contributed by atoms with E-state index in [2.05, 4.69) is 0 Å². The van der Waals surface area contributed by atoms with E-state index in [9.17, 15) is 9.90 Å². The Kier molecular flexibility index (Phi) is 2.74. The molecule has 1 amide bonds. The molecule has 3 atom stereocenters. The number of aliphatic hydroxyl groups is 1. The Morgan fingerprint density at radius 3 is 2.67 bits per heavy atom. The van der Waals surface area contributed by atoms with Crippen molar-refractivity contribution in [1.82, 2.24) is 4.90 Å². The molecule has 1 aliphatic heterocycles. The van der Waals surface area contributed by atoms with Gasteiger partial charge in [0.05, 0.1) is 19.3 Å². The first-order valence-corrected chi connectivity index (χ1v) is 6.30. The lowest BCUT2D eigenvalue weighted by molar-refractivity contribution is -0.138. The predicted molar refractivity (Wildman–Crippen MR) is 66.1 cm³/mol. The van der Waals surface area contributed by atoms with Crippen molar-refractivity contribution >= 4 is 5.91 Å². The Balaban J connectivity index is 1.74. The highest BCUT2D eigenvalue weighted by Gasteiger charge is 2.49. The summed E-state index contributed by atoms with van der Waals surface area (Å²) >= 11 is 0. The summed E-state index contributed by atoms with van der Waals surface area (Å²) in [6, 6.07) is 7.73. The fourth-order valence-corrected chi connectivity index (χ4v) is 3.05. The predicted octanol–water partition coefficient (Wildman–Crippen LogP) is 1.18. The third-order valence-electron chi connectivity index (χ3n) is 4.04. The van der Waals surface area contributed by atoms with Crippen LogP contribution in [0.1, 0.15) is 18.4 Å². The molecule has 2 fully saturated rings. The number of likely N-dealkylation sites (tertiary alicyclic amines) is 1. The third kappa shape index (κ3) is 1.77. The number of ether oxygens (including phenoxy) is 1. The molecule has 4 nitrogen and oxygen atoms in total. The smallest absolute Gasteiger partial charge is 0.226 e. The van der Waals surface area contributed by atoms with E-state index in [1.807, 2.05) is 29.2 Å². The molecule has 1 saturated carbocycles. The lowest BCUT2D eigenvalue weighted by atomic mass is 10.1. The molecule has 0 spiro atoms. The Labute approximate surface area is 106 Å². The summed E-state index contributed by atoms with van der Waals surface area (Å²) in [5.74, 6) is 1.05. The van der Waals surface area contributed by atoms with Crippen LogP contribution in [-0.2, 0) is 11.3 Å². The molecule has 1 heterocycles. The Hall–Kier alpha value is -1.55. The Morgan fingerprint density at radius 1 is 1.33 bits per heavy atom. The van der Waals surface area contributed by atoms with E-state index in [0.717, 1.165) is 17.7 Å². The van der Waals surface area contributed by atoms with Crippen LogP contribution in [0.2, 0.25) is 0 Å². The van der Waals surface area contributed by atoms with Crippen molar-refractivity contribution in [1.29, 1.82) is 0 Å². The van der Waals surface area contributed by atoms with Crippen LogP contribution in [-0.4, -0.2) is 35.2 Å². The van der Waals surface area contributed by atoms with Gasteiger partial charge in [-0.3, -0.25) is 4.79 Å². The van der Waals surface area contributed by atoms with Crippen LogP contribution in [0.4, 0.5) is 0 Å². The maximum Gasteiger partial charge on any atom is 0.226 e. The van der Waals surface area contributed by atoms with E-state index in [4.69, 9.17) is 4.74 Å². The minimum absolute atomic E-state index is 0.0181. The average molecular weight is 247 g/mol. The van der Waals surface area contributed by atoms with Gasteiger partial charge in [0.1, 0.15) is 5.75 Å². The molecular formula is C14H17NO3. The number of rotatable bonds is 3. The summed E-state index contributed by atoms with van der Waals surface area (Å²) in [5, 5.41) is 9.85. The van der Waals surface area contributed by atoms with Gasteiger partial charge in [-0.1, -0.05) is 12.1 Å². The zero-order valence-electron chi connectivity index (χ0n) is 10.4. The van der Waals surface area contributed by atoms with Gasteiger partial charge >= 0.3 is 0 Å². The molecular weight excluding hydrogens is 230 g/mol. The summed E-state index contributed by atoms with van der Waals surface area (Å²) in [5.41, 5.74) is 1.07. The van der Waals surface area contributed by atoms with Crippen molar-refractivity contribution < 1.29 is 14.6 Å². The molecule has 2 bridgehead atoms. The molecule has 1 aromatic carbocycles. The van der Waals surface area contributed by atoms with Crippen LogP contribution in [0.5, 0.6) is 5.75 Å². The molecule has 1 aromatic rings. The minimum Gasteiger partial charge on any atom is -0.497 e. The van der Waals surface area contributed by atoms with Crippen LogP contribution in [0, 0.1) is 5.92 Å². The van der Waals surface area contributed by atoms with Gasteiger partial charge in [0.2, 0.25) is 5.91 Å². The number of piperidine rings is 1. The number of amides is 1. The number of benzene rings is 1. The number of aliphatic hydroxyl groups excluding tert-OH is 1. The standard InChI is InChI=1S/C14H17NO3/c1-18-11-4-2-9(3-5-11)8-15-12-6-10(14(15)17)7-13(12)16/h2-5,10,12-13,16H,6-8H2,1H3/t10-,12+,13+/m1/s1. The van der Waals surface area contributed by atoms with Crippen LogP contribution in [0.15, 0.2) is 24.3 Å². The van der Waals surface area contributed by atoms with Gasteiger partial charge < -0.3 is 14.7 Å². The van der Waals surface area contributed by atoms with E-state index in [1.54, 1.807) is 7.11 Å². The van der Waals surface area contributed by atoms with Gasteiger partial charge in [0.25, 0.3) is 0 Å². The summed E-state index contributed by atoms with van der Waals surface area (Å²) in [6.45, 7) is 0.584. The van der Waals surface area contributed by atoms with Gasteiger partial charge in [0.15, 0.2) is 0 Å². The summed E-state index contributed by atoms with van der Waals surface area (Å²) < 4.78 is 5.11. The van der Waals surface area contributed by atoms with Gasteiger partial charge in [-0.2, -0.15) is 0 Å². The largest absolute Gasteiger partial charge is 0.497 e. The molecule has 0 radical (unpaired) electrons. The molecule has 18 heavy (non-hydrogen) atoms. The normalized spacial score (nSPS) is 30.0. The number of carbonyl (C=O) groups excluding carboxylic acids is 1. The number of fused-ring (bicyclic) bond motifs is 2. The van der Waals surface area contributed by atoms with Crippen molar-refractivity contribution in [2.24, 2.45) is 5.92 Å². The van der Waals surface area contributed by atoms with E-state index in [-0.39, 0.29) is 24.0 Å². The van der Waals surface area contributed by atoms with Crippen molar-refractivity contribution in [2.75, 3.05) is 7.11 Å². The van der Waals surface area contributed by atoms with Crippen molar-refractivity contribution in [3.63, 3.8) is 0 Å². The monoisotopic (exact) mass is 247 g/mol. The van der Waals surface area contributed by atoms with Crippen LogP contribution < -0.4 is 4.74 Å². The second-order valence-corrected chi connectivity index (χ2v) is 5.12. The molecule has 96 valence electrons. The highest BCUT2D eigenvalue weighted by molar-refractivity contribution is 5.82. The summed E-state index contributed by atoms with van der Waals surface area (Å²) in [6.07, 6.45) is 1.12. The summed E-state index contributed by atoms with van der Waals surface area (Å²) in [7, 11) is 1.63. The second kappa shape index (κ2) is 4.28. The second-order valence-electron chi connectivity index (χ2n) is 5.12. The summed E-state index contributed by atoms with van der Waals surface area (Å²) in [4.78, 5) is 13.9. The lowest BCUT2D eigenvalue weighted by Crippen LogP contribution is -2.43. The van der Waals surface area contributed by atoms with E-state index >= 15 is 0 Å². The topological polar surface area (TPSA) is 49.8 Å². The van der Waals surface area contributed by atoms with Gasteiger partial charge in [-0.15, -0.1) is 0 Å². The highest BCUT2D eigenvalue weighted by atomic mass is 16.5. The third-order valence-corrected chi connectivity index (χ3v) is 4.04. The molecule has 1 saturated heterocycles. The SMILES string of the molecule is COc1ccc(CN2C(=O)[C@H]3C[C@H](O)[C@@H]2C3)cc1. The highest BCUT2D eigenvalue weighted by Crippen LogP contribution is 2.39. The minimum atomic E-state index is -0.342. The maximum atomic E-state index is 12.0. The Morgan fingerprint density at radius 2 is 2.06 bits per heavy atom. The number of hydrogen-bond acceptors (Lipinski definition) is 3. The molecule has 1 N–H and O–H groups in total. The quantitative estimate of drug-likeness (QED) is 0.872. The van der Waals surface area contributed by atoms with Crippen LogP contribution in [0.3, 0.4) is 0 Å². The van der Waals surface area contributed by atoms with Crippen LogP contribution >= 0.6 is 0 Å². The number of nitrogens with zero attached hydrogens (tertiary/aromatic N) is 1. The van der Waals surface area contributed by atoms with Gasteiger partial charge in [-0.05, 0) is 30.5 Å². The lowest BCUT2D eigenvalue weighted by Gasteiger charge is -2.30. The first-order valence-electron chi connectivity index (χ1n) is 6.30. The van der Waals surface area contributed by atoms with Gasteiger partial charge in [0, 0.05) is 12.5 Å². The average Bonchev–Trinajstić information content (AvgIpc) is 2.89. The molecule has 0 aromatic heterocycles. The van der Waals surface area contributed by atoms with E-state index in [1.165, 1.54) is 0 Å². The first-order chi connectivity index (χ1) is 8.69. The zero-order chi connectivity index (χ0) is 12.7. The van der Waals surface area contributed by atoms with Crippen molar-refractivity contribution in [3.05, 3.63) is 29.8 Å². The number of carbonyl (C=O) groups is 1. The first kappa shape index (κ1) is 11.5. The van der Waals surface area contributed by atoms with E-state index in [0.29, 0.717) is 13.0 Å². The van der Waals surface area contributed by atoms with Gasteiger partial charge in [-0.25, -0.2) is 0 Å². The molecule has 0 unspecified atom stereocenters. The fraction of sp³-hybridized carbons (Fsp3) is 0.500. The zero-order valence-corrected chi connectivity index (χ0v) is 10.4. The molecule has 3 rings (SSSR count). The fourth-order valence-electron chi connectivity index (χ4n) is 3.05. The number of methoxy groups -OCH3 is 1. The molecule has 2 aliphatic rings. The Bertz CT molecular complexity index is 457. The van der Waals surface area contributed by atoms with Crippen molar-refractivity contribution in [2.45, 2.75) is 31.5 Å². The van der Waals surface area contributed by atoms with E-state index < -0.39 is 0 Å². The molecule has 4 heteroatoms. The number of hydrogen-bond donors (Lipinski definition) is 1. The van der Waals surface area contributed by atoms with Crippen molar-refractivity contribution in [3.8, 4) is 5.75 Å².